The van der Waals surface area contributed by atoms with E-state index in [1.165, 1.54) is 12.1 Å². The minimum absolute atomic E-state index is 0.129. The zero-order valence-electron chi connectivity index (χ0n) is 12.5. The second-order valence-corrected chi connectivity index (χ2v) is 5.68. The highest BCUT2D eigenvalue weighted by Crippen LogP contribution is 2.31. The molecule has 1 heterocycles. The predicted octanol–water partition coefficient (Wildman–Crippen LogP) is 2.21. The lowest BCUT2D eigenvalue weighted by Crippen LogP contribution is -2.47. The zero-order chi connectivity index (χ0) is 15.5. The highest BCUT2D eigenvalue weighted by molar-refractivity contribution is 5.27. The molecule has 1 aliphatic heterocycles. The van der Waals surface area contributed by atoms with Gasteiger partial charge in [-0.15, -0.1) is 0 Å². The summed E-state index contributed by atoms with van der Waals surface area (Å²) in [5.41, 5.74) is 0.355. The van der Waals surface area contributed by atoms with Crippen molar-refractivity contribution < 1.29 is 13.2 Å². The van der Waals surface area contributed by atoms with Crippen molar-refractivity contribution >= 4 is 0 Å². The van der Waals surface area contributed by atoms with E-state index in [1.807, 2.05) is 14.1 Å². The number of piperazine rings is 1. The third kappa shape index (κ3) is 4.43. The molecule has 0 bridgehead atoms. The number of benzene rings is 1. The van der Waals surface area contributed by atoms with Crippen molar-refractivity contribution in [2.75, 3.05) is 46.8 Å². The van der Waals surface area contributed by atoms with Crippen LogP contribution in [0.25, 0.3) is 0 Å². The standard InChI is InChI=1S/C15H22F3N3/c1-20(2)11-14(21-9-7-19-8-10-21)12-3-5-13(6-4-12)15(16,17)18/h3-6,14,19H,7-11H2,1-2H3/t14-/m0/s1. The molecular formula is C15H22F3N3. The largest absolute Gasteiger partial charge is 0.416 e. The van der Waals surface area contributed by atoms with Crippen molar-refractivity contribution in [3.63, 3.8) is 0 Å². The third-order valence-electron chi connectivity index (χ3n) is 3.75. The molecule has 0 aromatic heterocycles. The quantitative estimate of drug-likeness (QED) is 0.920. The van der Waals surface area contributed by atoms with Gasteiger partial charge in [-0.05, 0) is 31.8 Å². The fourth-order valence-electron chi connectivity index (χ4n) is 2.67. The molecule has 0 saturated carbocycles. The minimum Gasteiger partial charge on any atom is -0.314 e. The van der Waals surface area contributed by atoms with Gasteiger partial charge in [0.05, 0.1) is 5.56 Å². The van der Waals surface area contributed by atoms with Crippen LogP contribution >= 0.6 is 0 Å². The number of nitrogens with zero attached hydrogens (tertiary/aromatic N) is 2. The van der Waals surface area contributed by atoms with Gasteiger partial charge in [-0.1, -0.05) is 12.1 Å². The average Bonchev–Trinajstić information content (AvgIpc) is 2.45. The van der Waals surface area contributed by atoms with E-state index in [4.69, 9.17) is 0 Å². The lowest BCUT2D eigenvalue weighted by molar-refractivity contribution is -0.137. The van der Waals surface area contributed by atoms with Crippen LogP contribution < -0.4 is 5.32 Å². The van der Waals surface area contributed by atoms with Crippen molar-refractivity contribution in [3.8, 4) is 0 Å². The van der Waals surface area contributed by atoms with Crippen LogP contribution in [0, 0.1) is 0 Å². The Balaban J connectivity index is 2.19. The number of hydrogen-bond acceptors (Lipinski definition) is 3. The Labute approximate surface area is 123 Å². The zero-order valence-corrected chi connectivity index (χ0v) is 12.5. The van der Waals surface area contributed by atoms with Gasteiger partial charge in [-0.25, -0.2) is 0 Å². The van der Waals surface area contributed by atoms with Crippen molar-refractivity contribution in [2.24, 2.45) is 0 Å². The van der Waals surface area contributed by atoms with E-state index in [2.05, 4.69) is 15.1 Å². The molecule has 2 rings (SSSR count). The van der Waals surface area contributed by atoms with Gasteiger partial charge in [0, 0.05) is 38.8 Å². The van der Waals surface area contributed by atoms with Gasteiger partial charge in [0.15, 0.2) is 0 Å². The molecule has 0 spiro atoms. The summed E-state index contributed by atoms with van der Waals surface area (Å²) in [5.74, 6) is 0. The molecule has 1 atom stereocenters. The molecule has 0 unspecified atom stereocenters. The molecule has 1 aliphatic rings. The van der Waals surface area contributed by atoms with Crippen LogP contribution in [-0.2, 0) is 6.18 Å². The van der Waals surface area contributed by atoms with E-state index in [9.17, 15) is 13.2 Å². The first-order chi connectivity index (χ1) is 9.88. The van der Waals surface area contributed by atoms with Crippen LogP contribution in [0.2, 0.25) is 0 Å². The van der Waals surface area contributed by atoms with Gasteiger partial charge in [-0.3, -0.25) is 4.90 Å². The summed E-state index contributed by atoms with van der Waals surface area (Å²) >= 11 is 0. The van der Waals surface area contributed by atoms with Crippen LogP contribution in [0.15, 0.2) is 24.3 Å². The summed E-state index contributed by atoms with van der Waals surface area (Å²) in [7, 11) is 3.97. The SMILES string of the molecule is CN(C)C[C@@H](c1ccc(C(F)(F)F)cc1)N1CCNCC1. The van der Waals surface area contributed by atoms with Gasteiger partial charge in [0.2, 0.25) is 0 Å². The van der Waals surface area contributed by atoms with Crippen molar-refractivity contribution in [1.29, 1.82) is 0 Å². The van der Waals surface area contributed by atoms with E-state index in [1.54, 1.807) is 12.1 Å². The maximum Gasteiger partial charge on any atom is 0.416 e. The normalized spacial score (nSPS) is 19.0. The maximum absolute atomic E-state index is 12.7. The van der Waals surface area contributed by atoms with E-state index < -0.39 is 11.7 Å². The van der Waals surface area contributed by atoms with Gasteiger partial charge < -0.3 is 10.2 Å². The second kappa shape index (κ2) is 6.77. The Bertz CT molecular complexity index is 436. The number of likely N-dealkylation sites (N-methyl/N-ethyl adjacent to an activating group) is 1. The van der Waals surface area contributed by atoms with E-state index in [0.717, 1.165) is 38.3 Å². The lowest BCUT2D eigenvalue weighted by atomic mass is 10.0. The number of halogens is 3. The smallest absolute Gasteiger partial charge is 0.314 e. The first-order valence-electron chi connectivity index (χ1n) is 7.14. The average molecular weight is 301 g/mol. The molecule has 1 aromatic carbocycles. The Morgan fingerprint density at radius 1 is 1.14 bits per heavy atom. The van der Waals surface area contributed by atoms with Crippen LogP contribution in [0.1, 0.15) is 17.2 Å². The van der Waals surface area contributed by atoms with Crippen molar-refractivity contribution in [2.45, 2.75) is 12.2 Å². The summed E-state index contributed by atoms with van der Waals surface area (Å²) in [5, 5.41) is 3.30. The fourth-order valence-corrected chi connectivity index (χ4v) is 2.67. The van der Waals surface area contributed by atoms with Crippen LogP contribution in [0.4, 0.5) is 13.2 Å². The van der Waals surface area contributed by atoms with Crippen LogP contribution in [0.3, 0.4) is 0 Å². The Kier molecular flexibility index (Phi) is 5.24. The fraction of sp³-hybridized carbons (Fsp3) is 0.600. The molecule has 6 heteroatoms. The Morgan fingerprint density at radius 3 is 2.19 bits per heavy atom. The summed E-state index contributed by atoms with van der Waals surface area (Å²) in [6, 6.07) is 5.71. The van der Waals surface area contributed by atoms with E-state index in [-0.39, 0.29) is 6.04 Å². The molecule has 0 radical (unpaired) electrons. The molecule has 21 heavy (non-hydrogen) atoms. The molecule has 0 aliphatic carbocycles. The van der Waals surface area contributed by atoms with Gasteiger partial charge in [-0.2, -0.15) is 13.2 Å². The summed E-state index contributed by atoms with van der Waals surface area (Å²) < 4.78 is 38.0. The van der Waals surface area contributed by atoms with E-state index >= 15 is 0 Å². The molecular weight excluding hydrogens is 279 g/mol. The van der Waals surface area contributed by atoms with Gasteiger partial charge in [0.1, 0.15) is 0 Å². The predicted molar refractivity (Wildman–Crippen MR) is 77.2 cm³/mol. The molecule has 1 N–H and O–H groups in total. The second-order valence-electron chi connectivity index (χ2n) is 5.68. The maximum atomic E-state index is 12.7. The first-order valence-corrected chi connectivity index (χ1v) is 7.14. The molecule has 118 valence electrons. The van der Waals surface area contributed by atoms with Crippen molar-refractivity contribution in [1.82, 2.24) is 15.1 Å². The summed E-state index contributed by atoms with van der Waals surface area (Å²) in [6.45, 7) is 4.47. The topological polar surface area (TPSA) is 18.5 Å². The first kappa shape index (κ1) is 16.3. The Hall–Kier alpha value is -1.11. The highest BCUT2D eigenvalue weighted by atomic mass is 19.4. The third-order valence-corrected chi connectivity index (χ3v) is 3.75. The summed E-state index contributed by atoms with van der Waals surface area (Å²) in [6.07, 6.45) is -4.27. The van der Waals surface area contributed by atoms with Crippen LogP contribution in [0.5, 0.6) is 0 Å². The number of hydrogen-bond donors (Lipinski definition) is 1. The lowest BCUT2D eigenvalue weighted by Gasteiger charge is -2.36. The Morgan fingerprint density at radius 2 is 1.71 bits per heavy atom. The van der Waals surface area contributed by atoms with Crippen molar-refractivity contribution in [3.05, 3.63) is 35.4 Å². The van der Waals surface area contributed by atoms with E-state index in [0.29, 0.717) is 0 Å². The number of nitrogens with one attached hydrogen (secondary N) is 1. The summed E-state index contributed by atoms with van der Waals surface area (Å²) in [4.78, 5) is 4.41. The van der Waals surface area contributed by atoms with Crippen LogP contribution in [-0.4, -0.2) is 56.6 Å². The molecule has 1 saturated heterocycles. The highest BCUT2D eigenvalue weighted by Gasteiger charge is 2.31. The monoisotopic (exact) mass is 301 g/mol. The molecule has 0 amide bonds. The molecule has 1 fully saturated rings. The molecule has 1 aromatic rings. The number of rotatable bonds is 4. The minimum atomic E-state index is -4.27. The molecule has 3 nitrogen and oxygen atoms in total. The number of alkyl halides is 3. The van der Waals surface area contributed by atoms with Gasteiger partial charge >= 0.3 is 6.18 Å². The van der Waals surface area contributed by atoms with Gasteiger partial charge in [0.25, 0.3) is 0 Å².